The van der Waals surface area contributed by atoms with Crippen molar-refractivity contribution >= 4 is 5.97 Å². The maximum absolute atomic E-state index is 12.3. The Morgan fingerprint density at radius 2 is 1.71 bits per heavy atom. The van der Waals surface area contributed by atoms with Crippen molar-refractivity contribution in [3.05, 3.63) is 60.2 Å². The first-order valence-corrected chi connectivity index (χ1v) is 8.84. The summed E-state index contributed by atoms with van der Waals surface area (Å²) in [4.78, 5) is 12.3. The van der Waals surface area contributed by atoms with Crippen LogP contribution in [-0.4, -0.2) is 24.9 Å². The van der Waals surface area contributed by atoms with E-state index in [1.54, 1.807) is 38.1 Å². The zero-order chi connectivity index (χ0) is 20.4. The number of carbonyl (C=O) groups excluding carboxylic acids is 1. The summed E-state index contributed by atoms with van der Waals surface area (Å²) in [6, 6.07) is 16.3. The third kappa shape index (κ3) is 5.04. The van der Waals surface area contributed by atoms with Crippen LogP contribution in [0.2, 0.25) is 0 Å². The second-order valence-corrected chi connectivity index (χ2v) is 7.32. The van der Waals surface area contributed by atoms with Crippen molar-refractivity contribution in [1.82, 2.24) is 0 Å². The Bertz CT molecular complexity index is 818. The molecule has 28 heavy (non-hydrogen) atoms. The molecule has 1 saturated carbocycles. The van der Waals surface area contributed by atoms with Gasteiger partial charge in [-0.25, -0.2) is 0 Å². The topological polar surface area (TPSA) is 44.8 Å². The molecular formula is C21H21F3O4. The summed E-state index contributed by atoms with van der Waals surface area (Å²) in [5.74, 6) is 0.00377. The predicted molar refractivity (Wildman–Crippen MR) is 95.8 cm³/mol. The van der Waals surface area contributed by atoms with E-state index in [9.17, 15) is 18.0 Å². The van der Waals surface area contributed by atoms with E-state index < -0.39 is 36.2 Å². The Balaban J connectivity index is 1.54. The normalized spacial score (nSPS) is 20.5. The van der Waals surface area contributed by atoms with Crippen LogP contribution in [0, 0.1) is 11.3 Å². The van der Waals surface area contributed by atoms with Gasteiger partial charge < -0.3 is 14.2 Å². The molecule has 0 saturated heterocycles. The first-order chi connectivity index (χ1) is 13.2. The smallest absolute Gasteiger partial charge is 0.411 e. The summed E-state index contributed by atoms with van der Waals surface area (Å²) in [7, 11) is 0. The number of ether oxygens (including phenoxy) is 3. The van der Waals surface area contributed by atoms with Crippen LogP contribution in [0.1, 0.15) is 19.4 Å². The van der Waals surface area contributed by atoms with Crippen LogP contribution in [0.15, 0.2) is 54.6 Å². The molecule has 1 aliphatic carbocycles. The first kappa shape index (κ1) is 20.2. The molecule has 2 aromatic rings. The van der Waals surface area contributed by atoms with Gasteiger partial charge in [0.2, 0.25) is 0 Å². The quantitative estimate of drug-likeness (QED) is 0.611. The van der Waals surface area contributed by atoms with E-state index in [0.717, 1.165) is 0 Å². The molecule has 0 heterocycles. The van der Waals surface area contributed by atoms with Gasteiger partial charge in [0.05, 0.1) is 12.0 Å². The van der Waals surface area contributed by atoms with Crippen LogP contribution < -0.4 is 4.74 Å². The minimum Gasteiger partial charge on any atom is -0.461 e. The van der Waals surface area contributed by atoms with Crippen LogP contribution in [0.3, 0.4) is 0 Å². The third-order valence-electron chi connectivity index (χ3n) is 4.67. The van der Waals surface area contributed by atoms with Crippen LogP contribution in [0.4, 0.5) is 13.2 Å². The summed E-state index contributed by atoms with van der Waals surface area (Å²) in [5, 5.41) is 0. The van der Waals surface area contributed by atoms with Gasteiger partial charge in [0.25, 0.3) is 0 Å². The second-order valence-electron chi connectivity index (χ2n) is 7.32. The number of benzene rings is 2. The van der Waals surface area contributed by atoms with E-state index >= 15 is 0 Å². The fourth-order valence-electron chi connectivity index (χ4n) is 3.08. The minimum atomic E-state index is -4.42. The highest BCUT2D eigenvalue weighted by atomic mass is 19.4. The predicted octanol–water partition coefficient (Wildman–Crippen LogP) is 5.13. The van der Waals surface area contributed by atoms with E-state index in [0.29, 0.717) is 17.1 Å². The molecule has 2 unspecified atom stereocenters. The van der Waals surface area contributed by atoms with E-state index in [1.165, 1.54) is 0 Å². The highest BCUT2D eigenvalue weighted by Crippen LogP contribution is 2.55. The van der Waals surface area contributed by atoms with Crippen molar-refractivity contribution in [1.29, 1.82) is 0 Å². The molecule has 0 aliphatic heterocycles. The molecule has 4 nitrogen and oxygen atoms in total. The molecule has 0 radical (unpaired) electrons. The molecule has 0 aromatic heterocycles. The third-order valence-corrected chi connectivity index (χ3v) is 4.67. The summed E-state index contributed by atoms with van der Waals surface area (Å²) in [6.07, 6.45) is -5.22. The lowest BCUT2D eigenvalue weighted by atomic mass is 10.1. The van der Waals surface area contributed by atoms with Gasteiger partial charge >= 0.3 is 12.1 Å². The zero-order valence-corrected chi connectivity index (χ0v) is 15.5. The maximum Gasteiger partial charge on any atom is 0.411 e. The Morgan fingerprint density at radius 1 is 1.04 bits per heavy atom. The van der Waals surface area contributed by atoms with Gasteiger partial charge in [0, 0.05) is 5.41 Å². The van der Waals surface area contributed by atoms with Gasteiger partial charge in [-0.2, -0.15) is 13.2 Å². The maximum atomic E-state index is 12.3. The van der Waals surface area contributed by atoms with E-state index in [1.807, 2.05) is 30.3 Å². The van der Waals surface area contributed by atoms with Crippen LogP contribution >= 0.6 is 0 Å². The Kier molecular flexibility index (Phi) is 5.65. The van der Waals surface area contributed by atoms with Crippen molar-refractivity contribution in [3.8, 4) is 11.5 Å². The Hall–Kier alpha value is -2.54. The van der Waals surface area contributed by atoms with E-state index in [2.05, 4.69) is 0 Å². The number of halogens is 3. The van der Waals surface area contributed by atoms with Crippen molar-refractivity contribution < 1.29 is 32.2 Å². The number of rotatable bonds is 7. The summed E-state index contributed by atoms with van der Waals surface area (Å²) in [5.41, 5.74) is 0.0358. The molecule has 3 rings (SSSR count). The molecule has 1 fully saturated rings. The lowest BCUT2D eigenvalue weighted by molar-refractivity contribution is -0.180. The minimum absolute atomic E-state index is 0.00337. The Morgan fingerprint density at radius 3 is 2.39 bits per heavy atom. The van der Waals surface area contributed by atoms with Gasteiger partial charge in [0.15, 0.2) is 0 Å². The summed E-state index contributed by atoms with van der Waals surface area (Å²) in [6.45, 7) is 2.01. The molecule has 0 bridgehead atoms. The largest absolute Gasteiger partial charge is 0.461 e. The first-order valence-electron chi connectivity index (χ1n) is 8.84. The molecule has 7 heteroatoms. The van der Waals surface area contributed by atoms with Crippen molar-refractivity contribution in [2.75, 3.05) is 6.61 Å². The molecular weight excluding hydrogens is 373 g/mol. The number of hydrogen-bond donors (Lipinski definition) is 0. The average molecular weight is 394 g/mol. The van der Waals surface area contributed by atoms with Crippen molar-refractivity contribution in [3.63, 3.8) is 0 Å². The average Bonchev–Trinajstić information content (AvgIpc) is 3.19. The van der Waals surface area contributed by atoms with Gasteiger partial charge in [-0.1, -0.05) is 44.2 Å². The highest BCUT2D eigenvalue weighted by Gasteiger charge is 2.64. The number of esters is 1. The second kappa shape index (κ2) is 7.83. The van der Waals surface area contributed by atoms with Crippen LogP contribution in [-0.2, 0) is 20.9 Å². The van der Waals surface area contributed by atoms with Crippen molar-refractivity contribution in [2.45, 2.75) is 32.7 Å². The molecule has 1 aliphatic rings. The van der Waals surface area contributed by atoms with Crippen LogP contribution in [0.5, 0.6) is 11.5 Å². The Labute approximate surface area is 161 Å². The highest BCUT2D eigenvalue weighted by molar-refractivity contribution is 5.78. The number of para-hydroxylation sites is 1. The fourth-order valence-corrected chi connectivity index (χ4v) is 3.08. The lowest BCUT2D eigenvalue weighted by Crippen LogP contribution is -2.20. The molecule has 0 N–H and O–H groups in total. The lowest BCUT2D eigenvalue weighted by Gasteiger charge is -2.09. The number of alkyl halides is 3. The monoisotopic (exact) mass is 394 g/mol. The molecule has 2 atom stereocenters. The molecule has 150 valence electrons. The molecule has 2 aromatic carbocycles. The van der Waals surface area contributed by atoms with Crippen molar-refractivity contribution in [2.24, 2.45) is 11.3 Å². The van der Waals surface area contributed by atoms with Gasteiger partial charge in [-0.15, -0.1) is 0 Å². The fraction of sp³-hybridized carbons (Fsp3) is 0.381. The van der Waals surface area contributed by atoms with Crippen LogP contribution in [0.25, 0.3) is 0 Å². The molecule has 0 spiro atoms. The van der Waals surface area contributed by atoms with Gasteiger partial charge in [0.1, 0.15) is 24.7 Å². The van der Waals surface area contributed by atoms with Gasteiger partial charge in [-0.3, -0.25) is 4.79 Å². The van der Waals surface area contributed by atoms with E-state index in [-0.39, 0.29) is 6.61 Å². The standard InChI is InChI=1S/C21H21F3O4/c1-20(2)17(18(20)27-13-21(22,23)24)19(25)26-12-14-7-6-10-16(11-14)28-15-8-4-3-5-9-15/h3-11,17-18H,12-13H2,1-2H3. The van der Waals surface area contributed by atoms with E-state index in [4.69, 9.17) is 14.2 Å². The zero-order valence-electron chi connectivity index (χ0n) is 15.5. The summed E-state index contributed by atoms with van der Waals surface area (Å²) < 4.78 is 52.9. The SMILES string of the molecule is CC1(C)C(OCC(F)(F)F)C1C(=O)OCc1cccc(Oc2ccccc2)c1. The van der Waals surface area contributed by atoms with Gasteiger partial charge in [-0.05, 0) is 29.8 Å². The number of carbonyl (C=O) groups is 1. The summed E-state index contributed by atoms with van der Waals surface area (Å²) >= 11 is 0. The number of hydrogen-bond acceptors (Lipinski definition) is 4. The molecule has 0 amide bonds.